The quantitative estimate of drug-likeness (QED) is 0.727. The molecule has 2 heteroatoms. The summed E-state index contributed by atoms with van der Waals surface area (Å²) in [6.45, 7) is 3.31. The summed E-state index contributed by atoms with van der Waals surface area (Å²) in [7, 11) is 1.82. The molecule has 0 aromatic rings. The van der Waals surface area contributed by atoms with Gasteiger partial charge in [0, 0.05) is 25.8 Å². The molecular formula is C12H19NO. The van der Waals surface area contributed by atoms with Gasteiger partial charge in [-0.3, -0.25) is 0 Å². The van der Waals surface area contributed by atoms with E-state index < -0.39 is 0 Å². The fourth-order valence-electron chi connectivity index (χ4n) is 2.33. The normalized spacial score (nSPS) is 31.3. The molecule has 2 aliphatic rings. The van der Waals surface area contributed by atoms with E-state index in [1.165, 1.54) is 18.5 Å². The molecule has 0 spiro atoms. The third-order valence-electron chi connectivity index (χ3n) is 3.42. The maximum absolute atomic E-state index is 5.63. The summed E-state index contributed by atoms with van der Waals surface area (Å²) in [6.07, 6.45) is 9.03. The highest BCUT2D eigenvalue weighted by molar-refractivity contribution is 5.34. The molecule has 2 nitrogen and oxygen atoms in total. The zero-order valence-electron chi connectivity index (χ0n) is 9.10. The summed E-state index contributed by atoms with van der Waals surface area (Å²) in [5, 5.41) is 3.44. The van der Waals surface area contributed by atoms with E-state index in [9.17, 15) is 0 Å². The van der Waals surface area contributed by atoms with Crippen LogP contribution in [0.5, 0.6) is 0 Å². The molecule has 0 bridgehead atoms. The van der Waals surface area contributed by atoms with Crippen molar-refractivity contribution in [2.75, 3.05) is 13.7 Å². The number of ether oxygens (including phenoxy) is 1. The fraction of sp³-hybridized carbons (Fsp3) is 0.667. The van der Waals surface area contributed by atoms with Gasteiger partial charge >= 0.3 is 0 Å². The first-order valence-electron chi connectivity index (χ1n) is 5.50. The van der Waals surface area contributed by atoms with Gasteiger partial charge in [0.25, 0.3) is 0 Å². The monoisotopic (exact) mass is 193 g/mol. The Balaban J connectivity index is 2.20. The second-order valence-electron chi connectivity index (χ2n) is 4.18. The molecule has 1 N–H and O–H groups in total. The minimum absolute atomic E-state index is 0.0299. The predicted octanol–water partition coefficient (Wildman–Crippen LogP) is 2.38. The highest BCUT2D eigenvalue weighted by Gasteiger charge is 2.30. The fourth-order valence-corrected chi connectivity index (χ4v) is 2.33. The van der Waals surface area contributed by atoms with Crippen LogP contribution in [0.25, 0.3) is 0 Å². The maximum Gasteiger partial charge on any atom is 0.0897 e. The van der Waals surface area contributed by atoms with Crippen LogP contribution < -0.4 is 5.32 Å². The highest BCUT2D eigenvalue weighted by atomic mass is 16.5. The predicted molar refractivity (Wildman–Crippen MR) is 58.1 cm³/mol. The van der Waals surface area contributed by atoms with Gasteiger partial charge in [0.1, 0.15) is 0 Å². The topological polar surface area (TPSA) is 21.3 Å². The van der Waals surface area contributed by atoms with Gasteiger partial charge in [0.2, 0.25) is 0 Å². The van der Waals surface area contributed by atoms with Crippen molar-refractivity contribution in [2.45, 2.75) is 38.2 Å². The molecule has 14 heavy (non-hydrogen) atoms. The average molecular weight is 193 g/mol. The standard InChI is InChI=1S/C12H19NO/c1-3-12(14-2)7-6-11-10(9-12)5-4-8-13-11/h6-7,13H,3-5,8-9H2,1-2H3. The van der Waals surface area contributed by atoms with Crippen LogP contribution in [0.1, 0.15) is 32.6 Å². The van der Waals surface area contributed by atoms with Crippen LogP contribution in [0.4, 0.5) is 0 Å². The first kappa shape index (κ1) is 9.78. The second kappa shape index (κ2) is 3.77. The highest BCUT2D eigenvalue weighted by Crippen LogP contribution is 2.34. The lowest BCUT2D eigenvalue weighted by molar-refractivity contribution is 0.0267. The van der Waals surface area contributed by atoms with Gasteiger partial charge < -0.3 is 10.1 Å². The van der Waals surface area contributed by atoms with Crippen molar-refractivity contribution in [1.82, 2.24) is 5.32 Å². The van der Waals surface area contributed by atoms with Crippen LogP contribution in [0, 0.1) is 0 Å². The van der Waals surface area contributed by atoms with E-state index in [1.54, 1.807) is 5.57 Å². The van der Waals surface area contributed by atoms with Gasteiger partial charge in [-0.1, -0.05) is 13.0 Å². The summed E-state index contributed by atoms with van der Waals surface area (Å²) in [5.74, 6) is 0. The van der Waals surface area contributed by atoms with E-state index in [-0.39, 0.29) is 5.60 Å². The Bertz CT molecular complexity index is 274. The van der Waals surface area contributed by atoms with Gasteiger partial charge in [-0.05, 0) is 30.9 Å². The van der Waals surface area contributed by atoms with Crippen LogP contribution in [0.15, 0.2) is 23.4 Å². The number of nitrogens with one attached hydrogen (secondary N) is 1. The molecule has 0 aromatic carbocycles. The van der Waals surface area contributed by atoms with E-state index in [1.807, 2.05) is 7.11 Å². The van der Waals surface area contributed by atoms with Crippen LogP contribution >= 0.6 is 0 Å². The van der Waals surface area contributed by atoms with Gasteiger partial charge in [0.15, 0.2) is 0 Å². The van der Waals surface area contributed by atoms with Gasteiger partial charge in [-0.15, -0.1) is 0 Å². The second-order valence-corrected chi connectivity index (χ2v) is 4.18. The van der Waals surface area contributed by atoms with E-state index in [4.69, 9.17) is 4.74 Å². The van der Waals surface area contributed by atoms with Crippen molar-refractivity contribution in [3.63, 3.8) is 0 Å². The number of rotatable bonds is 2. The zero-order chi connectivity index (χ0) is 10.0. The molecule has 1 unspecified atom stereocenters. The first-order chi connectivity index (χ1) is 6.79. The Hall–Kier alpha value is -0.760. The van der Waals surface area contributed by atoms with Crippen LogP contribution in [0.2, 0.25) is 0 Å². The Morgan fingerprint density at radius 1 is 1.57 bits per heavy atom. The molecule has 0 amide bonds. The average Bonchev–Trinajstić information content (AvgIpc) is 2.28. The lowest BCUT2D eigenvalue weighted by Crippen LogP contribution is -2.34. The minimum Gasteiger partial charge on any atom is -0.385 e. The lowest BCUT2D eigenvalue weighted by atomic mass is 9.83. The molecule has 0 saturated heterocycles. The number of hydrogen-bond acceptors (Lipinski definition) is 2. The molecular weight excluding hydrogens is 174 g/mol. The first-order valence-corrected chi connectivity index (χ1v) is 5.50. The number of methoxy groups -OCH3 is 1. The van der Waals surface area contributed by atoms with E-state index in [2.05, 4.69) is 24.4 Å². The van der Waals surface area contributed by atoms with E-state index in [0.29, 0.717) is 0 Å². The van der Waals surface area contributed by atoms with Crippen molar-refractivity contribution in [3.05, 3.63) is 23.4 Å². The molecule has 2 rings (SSSR count). The summed E-state index contributed by atoms with van der Waals surface area (Å²) in [5.41, 5.74) is 2.86. The molecule has 0 fully saturated rings. The van der Waals surface area contributed by atoms with Gasteiger partial charge in [0.05, 0.1) is 5.60 Å². The summed E-state index contributed by atoms with van der Waals surface area (Å²) < 4.78 is 5.63. The zero-order valence-corrected chi connectivity index (χ0v) is 9.10. The molecule has 78 valence electrons. The SMILES string of the molecule is CCC1(OC)C=CC2=C(CCCN2)C1. The van der Waals surface area contributed by atoms with Gasteiger partial charge in [-0.2, -0.15) is 0 Å². The van der Waals surface area contributed by atoms with Crippen LogP contribution in [-0.2, 0) is 4.74 Å². The van der Waals surface area contributed by atoms with Crippen LogP contribution in [-0.4, -0.2) is 19.3 Å². The minimum atomic E-state index is -0.0299. The molecule has 1 heterocycles. The number of hydrogen-bond donors (Lipinski definition) is 1. The van der Waals surface area contributed by atoms with Crippen molar-refractivity contribution in [3.8, 4) is 0 Å². The molecule has 1 aliphatic carbocycles. The third-order valence-corrected chi connectivity index (χ3v) is 3.42. The Labute approximate surface area is 86.0 Å². The maximum atomic E-state index is 5.63. The lowest BCUT2D eigenvalue weighted by Gasteiger charge is -2.35. The summed E-state index contributed by atoms with van der Waals surface area (Å²) in [6, 6.07) is 0. The molecule has 1 aliphatic heterocycles. The molecule has 0 saturated carbocycles. The Morgan fingerprint density at radius 2 is 2.43 bits per heavy atom. The van der Waals surface area contributed by atoms with E-state index >= 15 is 0 Å². The summed E-state index contributed by atoms with van der Waals surface area (Å²) >= 11 is 0. The van der Waals surface area contributed by atoms with Crippen molar-refractivity contribution in [1.29, 1.82) is 0 Å². The summed E-state index contributed by atoms with van der Waals surface area (Å²) in [4.78, 5) is 0. The van der Waals surface area contributed by atoms with Gasteiger partial charge in [-0.25, -0.2) is 0 Å². The Morgan fingerprint density at radius 3 is 3.14 bits per heavy atom. The Kier molecular flexibility index (Phi) is 2.64. The van der Waals surface area contributed by atoms with Crippen LogP contribution in [0.3, 0.4) is 0 Å². The largest absolute Gasteiger partial charge is 0.385 e. The number of allylic oxidation sites excluding steroid dienone is 1. The van der Waals surface area contributed by atoms with E-state index in [0.717, 1.165) is 19.4 Å². The smallest absolute Gasteiger partial charge is 0.0897 e. The van der Waals surface area contributed by atoms with Crippen molar-refractivity contribution >= 4 is 0 Å². The molecule has 0 aromatic heterocycles. The molecule has 0 radical (unpaired) electrons. The molecule has 1 atom stereocenters. The van der Waals surface area contributed by atoms with Crippen molar-refractivity contribution < 1.29 is 4.74 Å². The third kappa shape index (κ3) is 1.59. The van der Waals surface area contributed by atoms with Crippen molar-refractivity contribution in [2.24, 2.45) is 0 Å².